The van der Waals surface area contributed by atoms with E-state index in [1.54, 1.807) is 21.3 Å². The summed E-state index contributed by atoms with van der Waals surface area (Å²) in [6.07, 6.45) is 0.794. The molecule has 1 aromatic heterocycles. The maximum atomic E-state index is 12.4. The lowest BCUT2D eigenvalue weighted by atomic mass is 10.2. The number of amides is 1. The third-order valence-corrected chi connectivity index (χ3v) is 5.72. The summed E-state index contributed by atoms with van der Waals surface area (Å²) in [6.45, 7) is 1.78. The third kappa shape index (κ3) is 6.24. The molecule has 0 aliphatic heterocycles. The molecule has 170 valence electrons. The van der Waals surface area contributed by atoms with Crippen molar-refractivity contribution < 1.29 is 19.0 Å². The molecule has 0 aliphatic carbocycles. The molecule has 0 fully saturated rings. The van der Waals surface area contributed by atoms with Crippen LogP contribution in [0.5, 0.6) is 11.5 Å². The predicted octanol–water partition coefficient (Wildman–Crippen LogP) is 3.41. The van der Waals surface area contributed by atoms with Crippen LogP contribution in [0.3, 0.4) is 0 Å². The van der Waals surface area contributed by atoms with E-state index in [2.05, 4.69) is 15.5 Å². The van der Waals surface area contributed by atoms with Gasteiger partial charge in [0.05, 0.1) is 20.0 Å². The minimum absolute atomic E-state index is 0.0574. The molecule has 1 N–H and O–H groups in total. The molecule has 0 aliphatic rings. The second-order valence-corrected chi connectivity index (χ2v) is 7.87. The Morgan fingerprint density at radius 1 is 1.03 bits per heavy atom. The van der Waals surface area contributed by atoms with Crippen molar-refractivity contribution >= 4 is 17.7 Å². The highest BCUT2D eigenvalue weighted by molar-refractivity contribution is 7.99. The number of rotatable bonds is 12. The molecule has 0 saturated heterocycles. The van der Waals surface area contributed by atoms with Gasteiger partial charge in [0.25, 0.3) is 0 Å². The number of carbonyl (C=O) groups is 1. The van der Waals surface area contributed by atoms with Gasteiger partial charge in [-0.2, -0.15) is 0 Å². The zero-order valence-corrected chi connectivity index (χ0v) is 19.4. The van der Waals surface area contributed by atoms with Crippen LogP contribution in [0.4, 0.5) is 0 Å². The van der Waals surface area contributed by atoms with Crippen molar-refractivity contribution in [2.24, 2.45) is 0 Å². The first-order valence-electron chi connectivity index (χ1n) is 10.2. The maximum Gasteiger partial charge on any atom is 0.230 e. The third-order valence-electron chi connectivity index (χ3n) is 4.75. The number of aromatic nitrogens is 3. The molecule has 0 spiro atoms. The fourth-order valence-electron chi connectivity index (χ4n) is 3.13. The standard InChI is InChI=1S/C23H28N4O4S/c1-29-13-7-12-27-22(18-10-11-19(30-2)20(14-18)31-3)25-26-23(27)32-16-21(28)24-15-17-8-5-4-6-9-17/h4-6,8-11,14H,7,12-13,15-16H2,1-3H3,(H,24,28). The molecular formula is C23H28N4O4S. The summed E-state index contributed by atoms with van der Waals surface area (Å²) in [5, 5.41) is 12.4. The van der Waals surface area contributed by atoms with E-state index in [1.807, 2.05) is 53.1 Å². The summed E-state index contributed by atoms with van der Waals surface area (Å²) in [4.78, 5) is 12.4. The van der Waals surface area contributed by atoms with Crippen LogP contribution >= 0.6 is 11.8 Å². The maximum absolute atomic E-state index is 12.4. The fraction of sp³-hybridized carbons (Fsp3) is 0.348. The lowest BCUT2D eigenvalue weighted by Gasteiger charge is -2.12. The molecule has 0 saturated carbocycles. The van der Waals surface area contributed by atoms with Crippen LogP contribution in [0.15, 0.2) is 53.7 Å². The van der Waals surface area contributed by atoms with Gasteiger partial charge in [-0.1, -0.05) is 42.1 Å². The zero-order valence-electron chi connectivity index (χ0n) is 18.5. The van der Waals surface area contributed by atoms with Gasteiger partial charge in [-0.25, -0.2) is 0 Å². The Hall–Kier alpha value is -3.04. The molecule has 1 heterocycles. The molecule has 8 nitrogen and oxygen atoms in total. The number of ether oxygens (including phenoxy) is 3. The van der Waals surface area contributed by atoms with Crippen molar-refractivity contribution in [1.29, 1.82) is 0 Å². The molecule has 0 atom stereocenters. The Kier molecular flexibility index (Phi) is 8.94. The highest BCUT2D eigenvalue weighted by atomic mass is 32.2. The topological polar surface area (TPSA) is 87.5 Å². The summed E-state index contributed by atoms with van der Waals surface area (Å²) < 4.78 is 18.0. The second-order valence-electron chi connectivity index (χ2n) is 6.92. The van der Waals surface area contributed by atoms with Crippen LogP contribution in [0, 0.1) is 0 Å². The van der Waals surface area contributed by atoms with Crippen molar-refractivity contribution in [2.45, 2.75) is 24.7 Å². The summed E-state index contributed by atoms with van der Waals surface area (Å²) in [5.74, 6) is 2.16. The van der Waals surface area contributed by atoms with Crippen LogP contribution in [-0.2, 0) is 22.6 Å². The molecule has 0 bridgehead atoms. The number of nitrogens with zero attached hydrogens (tertiary/aromatic N) is 3. The van der Waals surface area contributed by atoms with Gasteiger partial charge >= 0.3 is 0 Å². The molecule has 3 aromatic rings. The smallest absolute Gasteiger partial charge is 0.230 e. The molecular weight excluding hydrogens is 428 g/mol. The molecule has 0 radical (unpaired) electrons. The van der Waals surface area contributed by atoms with Crippen LogP contribution in [0.2, 0.25) is 0 Å². The van der Waals surface area contributed by atoms with Gasteiger partial charge in [-0.3, -0.25) is 4.79 Å². The molecule has 3 rings (SSSR count). The first-order valence-corrected chi connectivity index (χ1v) is 11.2. The number of hydrogen-bond acceptors (Lipinski definition) is 7. The molecule has 9 heteroatoms. The van der Waals surface area contributed by atoms with Crippen molar-refractivity contribution in [2.75, 3.05) is 33.7 Å². The van der Waals surface area contributed by atoms with E-state index >= 15 is 0 Å². The zero-order chi connectivity index (χ0) is 22.8. The number of thioether (sulfide) groups is 1. The van der Waals surface area contributed by atoms with E-state index in [4.69, 9.17) is 14.2 Å². The quantitative estimate of drug-likeness (QED) is 0.330. The number of methoxy groups -OCH3 is 3. The van der Waals surface area contributed by atoms with E-state index in [-0.39, 0.29) is 11.7 Å². The van der Waals surface area contributed by atoms with Gasteiger partial charge in [0, 0.05) is 32.4 Å². The minimum Gasteiger partial charge on any atom is -0.493 e. The number of carbonyl (C=O) groups excluding carboxylic acids is 1. The first kappa shape index (κ1) is 23.6. The average Bonchev–Trinajstić information content (AvgIpc) is 3.24. The Labute approximate surface area is 192 Å². The first-order chi connectivity index (χ1) is 15.7. The lowest BCUT2D eigenvalue weighted by molar-refractivity contribution is -0.118. The van der Waals surface area contributed by atoms with Gasteiger partial charge in [0.1, 0.15) is 0 Å². The van der Waals surface area contributed by atoms with E-state index in [0.717, 1.165) is 17.5 Å². The van der Waals surface area contributed by atoms with Crippen LogP contribution in [0.1, 0.15) is 12.0 Å². The highest BCUT2D eigenvalue weighted by Crippen LogP contribution is 2.33. The summed E-state index contributed by atoms with van der Waals surface area (Å²) in [6, 6.07) is 15.4. The number of benzene rings is 2. The second kappa shape index (κ2) is 12.1. The molecule has 0 unspecified atom stereocenters. The van der Waals surface area contributed by atoms with Crippen LogP contribution in [0.25, 0.3) is 11.4 Å². The van der Waals surface area contributed by atoms with E-state index in [0.29, 0.717) is 42.2 Å². The van der Waals surface area contributed by atoms with Gasteiger partial charge in [0.15, 0.2) is 22.5 Å². The monoisotopic (exact) mass is 456 g/mol. The Morgan fingerprint density at radius 2 is 1.81 bits per heavy atom. The SMILES string of the molecule is COCCCn1c(SCC(=O)NCc2ccccc2)nnc1-c1ccc(OC)c(OC)c1. The fourth-order valence-corrected chi connectivity index (χ4v) is 3.92. The van der Waals surface area contributed by atoms with Gasteiger partial charge < -0.3 is 24.1 Å². The Balaban J connectivity index is 1.73. The van der Waals surface area contributed by atoms with Crippen molar-refractivity contribution in [1.82, 2.24) is 20.1 Å². The molecule has 1 amide bonds. The van der Waals surface area contributed by atoms with Crippen molar-refractivity contribution in [3.8, 4) is 22.9 Å². The van der Waals surface area contributed by atoms with Gasteiger partial charge in [-0.05, 0) is 30.2 Å². The van der Waals surface area contributed by atoms with E-state index in [9.17, 15) is 4.79 Å². The summed E-state index contributed by atoms with van der Waals surface area (Å²) in [5.41, 5.74) is 1.91. The Morgan fingerprint density at radius 3 is 2.53 bits per heavy atom. The largest absolute Gasteiger partial charge is 0.493 e. The van der Waals surface area contributed by atoms with Gasteiger partial charge in [-0.15, -0.1) is 10.2 Å². The van der Waals surface area contributed by atoms with E-state index < -0.39 is 0 Å². The minimum atomic E-state index is -0.0574. The van der Waals surface area contributed by atoms with Crippen molar-refractivity contribution in [3.05, 3.63) is 54.1 Å². The summed E-state index contributed by atoms with van der Waals surface area (Å²) >= 11 is 1.36. The average molecular weight is 457 g/mol. The van der Waals surface area contributed by atoms with Crippen LogP contribution < -0.4 is 14.8 Å². The lowest BCUT2D eigenvalue weighted by Crippen LogP contribution is -2.24. The molecule has 32 heavy (non-hydrogen) atoms. The Bertz CT molecular complexity index is 1010. The predicted molar refractivity (Wildman–Crippen MR) is 124 cm³/mol. The number of hydrogen-bond donors (Lipinski definition) is 1. The number of nitrogens with one attached hydrogen (secondary N) is 1. The van der Waals surface area contributed by atoms with Crippen LogP contribution in [-0.4, -0.2) is 54.4 Å². The van der Waals surface area contributed by atoms with Gasteiger partial charge in [0.2, 0.25) is 5.91 Å². The van der Waals surface area contributed by atoms with E-state index in [1.165, 1.54) is 11.8 Å². The summed E-state index contributed by atoms with van der Waals surface area (Å²) in [7, 11) is 4.87. The highest BCUT2D eigenvalue weighted by Gasteiger charge is 2.17. The normalized spacial score (nSPS) is 10.7. The van der Waals surface area contributed by atoms with Crippen molar-refractivity contribution in [3.63, 3.8) is 0 Å². The molecule has 2 aromatic carbocycles.